The molecule has 8 nitrogen and oxygen atoms in total. The number of carbonyl (C=O) groups excluding carboxylic acids is 1. The molecule has 1 fully saturated rings. The van der Waals surface area contributed by atoms with E-state index in [1.165, 1.54) is 7.05 Å². The van der Waals surface area contributed by atoms with E-state index in [1.54, 1.807) is 52.0 Å². The van der Waals surface area contributed by atoms with Crippen molar-refractivity contribution in [3.05, 3.63) is 29.8 Å². The molecule has 1 amide bonds. The Hall–Kier alpha value is -2.29. The highest BCUT2D eigenvalue weighted by molar-refractivity contribution is 7.89. The Balaban J connectivity index is 2.43. The fourth-order valence-electron chi connectivity index (χ4n) is 2.46. The van der Waals surface area contributed by atoms with Crippen molar-refractivity contribution in [1.82, 2.24) is 9.62 Å². The third-order valence-electron chi connectivity index (χ3n) is 3.69. The molecule has 0 aliphatic carbocycles. The van der Waals surface area contributed by atoms with E-state index in [2.05, 4.69) is 10.3 Å². The van der Waals surface area contributed by atoms with E-state index in [4.69, 9.17) is 10.5 Å². The largest absolute Gasteiger partial charge is 0.442 e. The van der Waals surface area contributed by atoms with Crippen molar-refractivity contribution in [3.63, 3.8) is 0 Å². The van der Waals surface area contributed by atoms with E-state index in [0.29, 0.717) is 11.3 Å². The van der Waals surface area contributed by atoms with Gasteiger partial charge in [0.25, 0.3) is 0 Å². The number of sulfonamides is 1. The summed E-state index contributed by atoms with van der Waals surface area (Å²) >= 11 is 0. The van der Waals surface area contributed by atoms with E-state index in [-0.39, 0.29) is 11.7 Å². The molecule has 3 N–H and O–H groups in total. The standard InChI is InChI=1S/C16H24N4O4S/c1-15(2,3)24-14(21)18-13-19-16(4,10-25(22,23)20(13)5)11-7-6-8-12(17)9-11/h6-9H,10,17H2,1-5H3,(H,18,19,21)/t16-/m0/s1. The van der Waals surface area contributed by atoms with Crippen molar-refractivity contribution < 1.29 is 17.9 Å². The molecule has 0 bridgehead atoms. The van der Waals surface area contributed by atoms with Gasteiger partial charge in [-0.25, -0.2) is 17.5 Å². The van der Waals surface area contributed by atoms with Crippen molar-refractivity contribution in [2.24, 2.45) is 4.99 Å². The van der Waals surface area contributed by atoms with Gasteiger partial charge in [0.2, 0.25) is 16.0 Å². The van der Waals surface area contributed by atoms with E-state index >= 15 is 0 Å². The molecule has 2 rings (SSSR count). The summed E-state index contributed by atoms with van der Waals surface area (Å²) < 4.78 is 31.2. The monoisotopic (exact) mass is 368 g/mol. The summed E-state index contributed by atoms with van der Waals surface area (Å²) in [6.07, 6.45) is -0.867. The van der Waals surface area contributed by atoms with Gasteiger partial charge in [-0.15, -0.1) is 4.99 Å². The van der Waals surface area contributed by atoms with Crippen LogP contribution < -0.4 is 11.1 Å². The second-order valence-corrected chi connectivity index (χ2v) is 9.22. The van der Waals surface area contributed by atoms with Gasteiger partial charge >= 0.3 is 6.09 Å². The lowest BCUT2D eigenvalue weighted by atomic mass is 9.93. The summed E-state index contributed by atoms with van der Waals surface area (Å²) in [5.74, 6) is -0.293. The second-order valence-electron chi connectivity index (χ2n) is 7.22. The van der Waals surface area contributed by atoms with Crippen LogP contribution in [-0.2, 0) is 20.3 Å². The minimum Gasteiger partial charge on any atom is -0.442 e. The Morgan fingerprint density at radius 3 is 2.60 bits per heavy atom. The molecular formula is C16H24N4O4S. The minimum atomic E-state index is -3.68. The number of ether oxygens (including phenoxy) is 1. The SMILES string of the molecule is CN1/C(=N/C(=O)OC(C)(C)C)N[C@](C)(c2cccc(N)c2)CS1(=O)=O. The third-order valence-corrected chi connectivity index (χ3v) is 5.64. The minimum absolute atomic E-state index is 0.0922. The van der Waals surface area contributed by atoms with Gasteiger partial charge in [-0.2, -0.15) is 0 Å². The fraction of sp³-hybridized carbons (Fsp3) is 0.500. The molecule has 1 aromatic carbocycles. The quantitative estimate of drug-likeness (QED) is 0.728. The van der Waals surface area contributed by atoms with Crippen LogP contribution in [0, 0.1) is 0 Å². The Bertz CT molecular complexity index is 814. The summed E-state index contributed by atoms with van der Waals surface area (Å²) in [7, 11) is -2.34. The molecule has 138 valence electrons. The summed E-state index contributed by atoms with van der Waals surface area (Å²) in [5.41, 5.74) is 5.29. The maximum Gasteiger partial charge on any atom is 0.437 e. The lowest BCUT2D eigenvalue weighted by molar-refractivity contribution is 0.0602. The first-order valence-electron chi connectivity index (χ1n) is 7.75. The molecule has 0 aromatic heterocycles. The molecule has 1 heterocycles. The van der Waals surface area contributed by atoms with Gasteiger partial charge in [-0.05, 0) is 45.4 Å². The number of rotatable bonds is 1. The van der Waals surface area contributed by atoms with Gasteiger partial charge in [0.15, 0.2) is 0 Å². The number of hydrogen-bond donors (Lipinski definition) is 2. The van der Waals surface area contributed by atoms with Gasteiger partial charge in [0, 0.05) is 12.7 Å². The molecule has 1 aliphatic heterocycles. The lowest BCUT2D eigenvalue weighted by Crippen LogP contribution is -2.61. The normalized spacial score (nSPS) is 24.7. The number of hydrogen-bond acceptors (Lipinski definition) is 5. The van der Waals surface area contributed by atoms with E-state index in [1.807, 2.05) is 0 Å². The number of nitrogens with two attached hydrogens (primary N) is 1. The van der Waals surface area contributed by atoms with Crippen molar-refractivity contribution in [3.8, 4) is 0 Å². The molecule has 0 spiro atoms. The van der Waals surface area contributed by atoms with Crippen LogP contribution in [0.2, 0.25) is 0 Å². The Morgan fingerprint density at radius 2 is 2.04 bits per heavy atom. The summed E-state index contributed by atoms with van der Waals surface area (Å²) in [5, 5.41) is 3.04. The van der Waals surface area contributed by atoms with Gasteiger partial charge in [0.05, 0.1) is 11.3 Å². The number of nitrogen functional groups attached to an aromatic ring is 1. The molecule has 9 heteroatoms. The summed E-state index contributed by atoms with van der Waals surface area (Å²) in [6, 6.07) is 6.92. The zero-order chi connectivity index (χ0) is 19.0. The number of nitrogens with one attached hydrogen (secondary N) is 1. The number of guanidine groups is 1. The average molecular weight is 368 g/mol. The van der Waals surface area contributed by atoms with Crippen LogP contribution in [0.1, 0.15) is 33.3 Å². The summed E-state index contributed by atoms with van der Waals surface area (Å²) in [6.45, 7) is 6.83. The number of carbonyl (C=O) groups is 1. The molecular weight excluding hydrogens is 344 g/mol. The van der Waals surface area contributed by atoms with Crippen LogP contribution in [-0.4, -0.2) is 43.2 Å². The smallest absolute Gasteiger partial charge is 0.437 e. The van der Waals surface area contributed by atoms with Crippen LogP contribution in [0.15, 0.2) is 29.3 Å². The van der Waals surface area contributed by atoms with E-state index in [0.717, 1.165) is 4.31 Å². The fourth-order valence-corrected chi connectivity index (χ4v) is 3.97. The number of amides is 1. The predicted octanol–water partition coefficient (Wildman–Crippen LogP) is 1.64. The zero-order valence-electron chi connectivity index (χ0n) is 15.0. The van der Waals surface area contributed by atoms with Crippen molar-refractivity contribution in [2.45, 2.75) is 38.8 Å². The van der Waals surface area contributed by atoms with Crippen molar-refractivity contribution in [1.29, 1.82) is 0 Å². The highest BCUT2D eigenvalue weighted by atomic mass is 32.2. The predicted molar refractivity (Wildman–Crippen MR) is 96.6 cm³/mol. The van der Waals surface area contributed by atoms with Gasteiger partial charge in [-0.1, -0.05) is 12.1 Å². The highest BCUT2D eigenvalue weighted by Gasteiger charge is 2.42. The molecule has 1 aliphatic rings. The van der Waals surface area contributed by atoms with Crippen LogP contribution in [0.4, 0.5) is 10.5 Å². The molecule has 0 radical (unpaired) electrons. The first-order chi connectivity index (χ1) is 11.3. The topological polar surface area (TPSA) is 114 Å². The van der Waals surface area contributed by atoms with Crippen LogP contribution >= 0.6 is 0 Å². The van der Waals surface area contributed by atoms with Crippen LogP contribution in [0.5, 0.6) is 0 Å². The average Bonchev–Trinajstić information content (AvgIpc) is 2.42. The van der Waals surface area contributed by atoms with Gasteiger partial charge in [0.1, 0.15) is 5.60 Å². The first kappa shape index (κ1) is 19.0. The van der Waals surface area contributed by atoms with Crippen molar-refractivity contribution in [2.75, 3.05) is 18.5 Å². The van der Waals surface area contributed by atoms with Gasteiger partial charge < -0.3 is 15.8 Å². The number of benzene rings is 1. The maximum atomic E-state index is 12.6. The zero-order valence-corrected chi connectivity index (χ0v) is 15.8. The summed E-state index contributed by atoms with van der Waals surface area (Å²) in [4.78, 5) is 15.8. The van der Waals surface area contributed by atoms with Crippen molar-refractivity contribution >= 4 is 27.8 Å². The first-order valence-corrected chi connectivity index (χ1v) is 9.36. The molecule has 0 unspecified atom stereocenters. The molecule has 1 aromatic rings. The molecule has 0 saturated carbocycles. The molecule has 1 atom stereocenters. The van der Waals surface area contributed by atoms with Gasteiger partial charge in [-0.3, -0.25) is 0 Å². The second kappa shape index (κ2) is 6.21. The maximum absolute atomic E-state index is 12.6. The number of aliphatic imine (C=N–C) groups is 1. The van der Waals surface area contributed by atoms with E-state index < -0.39 is 27.3 Å². The van der Waals surface area contributed by atoms with E-state index in [9.17, 15) is 13.2 Å². The number of anilines is 1. The lowest BCUT2D eigenvalue weighted by Gasteiger charge is -2.40. The Kier molecular flexibility index (Phi) is 4.73. The van der Waals surface area contributed by atoms with Crippen LogP contribution in [0.25, 0.3) is 0 Å². The highest BCUT2D eigenvalue weighted by Crippen LogP contribution is 2.29. The van der Waals surface area contributed by atoms with Crippen LogP contribution in [0.3, 0.4) is 0 Å². The molecule has 25 heavy (non-hydrogen) atoms. The third kappa shape index (κ3) is 4.41. The number of nitrogens with zero attached hydrogens (tertiary/aromatic N) is 2. The molecule has 1 saturated heterocycles. The Morgan fingerprint density at radius 1 is 1.40 bits per heavy atom. The Labute approximate surface area is 148 Å².